The molecular formula is C28H25N5OS3. The van der Waals surface area contributed by atoms with Gasteiger partial charge in [0, 0.05) is 38.9 Å². The zero-order valence-electron chi connectivity index (χ0n) is 20.5. The Hall–Kier alpha value is -3.53. The summed E-state index contributed by atoms with van der Waals surface area (Å²) in [6, 6.07) is 18.4. The number of amides is 1. The Morgan fingerprint density at radius 3 is 2.57 bits per heavy atom. The quantitative estimate of drug-likeness (QED) is 0.156. The first kappa shape index (κ1) is 25.1. The molecule has 0 aliphatic carbocycles. The van der Waals surface area contributed by atoms with Gasteiger partial charge in [0.1, 0.15) is 0 Å². The minimum absolute atomic E-state index is 0.139. The molecule has 0 bridgehead atoms. The van der Waals surface area contributed by atoms with Crippen molar-refractivity contribution in [2.75, 3.05) is 11.1 Å². The highest BCUT2D eigenvalue weighted by Crippen LogP contribution is 2.39. The molecule has 5 aromatic rings. The number of thioether (sulfide) groups is 1. The highest BCUT2D eigenvalue weighted by atomic mass is 32.2. The second-order valence-corrected chi connectivity index (χ2v) is 11.3. The highest BCUT2D eigenvalue weighted by Gasteiger charge is 2.21. The van der Waals surface area contributed by atoms with Gasteiger partial charge in [-0.3, -0.25) is 9.36 Å². The van der Waals surface area contributed by atoms with Crippen molar-refractivity contribution in [2.45, 2.75) is 25.5 Å². The van der Waals surface area contributed by atoms with E-state index in [9.17, 15) is 4.79 Å². The van der Waals surface area contributed by atoms with Crippen LogP contribution < -0.4 is 5.32 Å². The SMILES string of the molecule is C=CCn1c(SCC(=O)Nc2nc(-c3ccccc3)cs2)nnc1-c1csc(C)c1-c1ccc(C)cc1. The fourth-order valence-electron chi connectivity index (χ4n) is 3.94. The number of nitrogens with zero attached hydrogens (tertiary/aromatic N) is 4. The van der Waals surface area contributed by atoms with Crippen molar-refractivity contribution in [1.29, 1.82) is 0 Å². The van der Waals surface area contributed by atoms with Crippen LogP contribution in [0, 0.1) is 13.8 Å². The summed E-state index contributed by atoms with van der Waals surface area (Å²) in [6.07, 6.45) is 1.82. The Morgan fingerprint density at radius 2 is 1.81 bits per heavy atom. The minimum Gasteiger partial charge on any atom is -0.301 e. The Balaban J connectivity index is 1.33. The van der Waals surface area contributed by atoms with Gasteiger partial charge < -0.3 is 5.32 Å². The number of carbonyl (C=O) groups excluding carboxylic acids is 1. The third-order valence-corrected chi connectivity index (χ3v) is 8.37. The molecular weight excluding hydrogens is 519 g/mol. The number of rotatable bonds is 9. The normalized spacial score (nSPS) is 11.0. The van der Waals surface area contributed by atoms with Crippen LogP contribution in [0.2, 0.25) is 0 Å². The summed E-state index contributed by atoms with van der Waals surface area (Å²) in [5.41, 5.74) is 6.44. The van der Waals surface area contributed by atoms with E-state index in [1.807, 2.05) is 46.4 Å². The van der Waals surface area contributed by atoms with E-state index in [4.69, 9.17) is 0 Å². The van der Waals surface area contributed by atoms with E-state index in [2.05, 4.69) is 70.6 Å². The molecule has 37 heavy (non-hydrogen) atoms. The van der Waals surface area contributed by atoms with Gasteiger partial charge in [-0.2, -0.15) is 0 Å². The predicted molar refractivity (Wildman–Crippen MR) is 155 cm³/mol. The number of aromatic nitrogens is 4. The zero-order chi connectivity index (χ0) is 25.8. The van der Waals surface area contributed by atoms with Gasteiger partial charge in [-0.05, 0) is 19.4 Å². The number of thiophene rings is 1. The van der Waals surface area contributed by atoms with E-state index in [1.54, 1.807) is 11.3 Å². The van der Waals surface area contributed by atoms with Crippen LogP contribution >= 0.6 is 34.4 Å². The van der Waals surface area contributed by atoms with Crippen LogP contribution in [-0.4, -0.2) is 31.4 Å². The maximum Gasteiger partial charge on any atom is 0.236 e. The number of nitrogens with one attached hydrogen (secondary N) is 1. The molecule has 2 aromatic carbocycles. The number of hydrogen-bond acceptors (Lipinski definition) is 7. The van der Waals surface area contributed by atoms with E-state index >= 15 is 0 Å². The molecule has 1 N–H and O–H groups in total. The molecule has 0 fully saturated rings. The van der Waals surface area contributed by atoms with Crippen molar-refractivity contribution in [2.24, 2.45) is 0 Å². The lowest BCUT2D eigenvalue weighted by Gasteiger charge is -2.10. The Kier molecular flexibility index (Phi) is 7.64. The monoisotopic (exact) mass is 543 g/mol. The number of benzene rings is 2. The van der Waals surface area contributed by atoms with Crippen molar-refractivity contribution in [1.82, 2.24) is 19.7 Å². The fraction of sp³-hybridized carbons (Fsp3) is 0.143. The Morgan fingerprint density at radius 1 is 1.03 bits per heavy atom. The number of anilines is 1. The van der Waals surface area contributed by atoms with E-state index < -0.39 is 0 Å². The molecule has 1 amide bonds. The third kappa shape index (κ3) is 5.58. The van der Waals surface area contributed by atoms with Crippen molar-refractivity contribution in [3.8, 4) is 33.8 Å². The Labute approximate surface area is 228 Å². The van der Waals surface area contributed by atoms with Gasteiger partial charge in [0.15, 0.2) is 16.1 Å². The van der Waals surface area contributed by atoms with Gasteiger partial charge in [0.2, 0.25) is 5.91 Å². The molecule has 3 aromatic heterocycles. The van der Waals surface area contributed by atoms with Crippen molar-refractivity contribution >= 4 is 45.5 Å². The average molecular weight is 544 g/mol. The molecule has 9 heteroatoms. The number of carbonyl (C=O) groups is 1. The van der Waals surface area contributed by atoms with E-state index in [0.29, 0.717) is 16.8 Å². The molecule has 0 saturated carbocycles. The molecule has 0 saturated heterocycles. The average Bonchev–Trinajstić information content (AvgIpc) is 3.63. The molecule has 0 unspecified atom stereocenters. The smallest absolute Gasteiger partial charge is 0.236 e. The van der Waals surface area contributed by atoms with Crippen LogP contribution in [-0.2, 0) is 11.3 Å². The molecule has 0 radical (unpaired) electrons. The van der Waals surface area contributed by atoms with Gasteiger partial charge in [-0.25, -0.2) is 4.98 Å². The van der Waals surface area contributed by atoms with Gasteiger partial charge in [0.05, 0.1) is 11.4 Å². The summed E-state index contributed by atoms with van der Waals surface area (Å²) in [5.74, 6) is 0.832. The molecule has 6 nitrogen and oxygen atoms in total. The molecule has 0 aliphatic rings. The van der Waals surface area contributed by atoms with Gasteiger partial charge in [-0.1, -0.05) is 78.0 Å². The summed E-state index contributed by atoms with van der Waals surface area (Å²) >= 11 is 4.46. The summed E-state index contributed by atoms with van der Waals surface area (Å²) in [4.78, 5) is 18.5. The number of hydrogen-bond donors (Lipinski definition) is 1. The molecule has 5 rings (SSSR count). The van der Waals surface area contributed by atoms with Crippen LogP contribution in [0.25, 0.3) is 33.8 Å². The lowest BCUT2D eigenvalue weighted by Crippen LogP contribution is -2.14. The van der Waals surface area contributed by atoms with Crippen LogP contribution in [0.3, 0.4) is 0 Å². The number of thiazole rings is 1. The molecule has 0 aliphatic heterocycles. The van der Waals surface area contributed by atoms with Crippen molar-refractivity contribution < 1.29 is 4.79 Å². The fourth-order valence-corrected chi connectivity index (χ4v) is 6.29. The molecule has 0 atom stereocenters. The van der Waals surface area contributed by atoms with E-state index in [0.717, 1.165) is 33.8 Å². The van der Waals surface area contributed by atoms with Crippen LogP contribution in [0.4, 0.5) is 5.13 Å². The predicted octanol–water partition coefficient (Wildman–Crippen LogP) is 7.33. The zero-order valence-corrected chi connectivity index (χ0v) is 22.9. The number of aryl methyl sites for hydroxylation is 2. The standard InChI is InChI=1S/C28H25N5OS3/c1-4-14-33-26(22-15-35-19(3)25(22)21-12-10-18(2)11-13-21)31-32-28(33)37-17-24(34)30-27-29-23(16-36-27)20-8-6-5-7-9-20/h4-13,15-16H,1,14,17H2,2-3H3,(H,29,30,34). The first-order valence-electron chi connectivity index (χ1n) is 11.7. The van der Waals surface area contributed by atoms with Crippen molar-refractivity contribution in [3.05, 3.63) is 88.5 Å². The van der Waals surface area contributed by atoms with Crippen molar-refractivity contribution in [3.63, 3.8) is 0 Å². The summed E-state index contributed by atoms with van der Waals surface area (Å²) in [5, 5.41) is 17.2. The summed E-state index contributed by atoms with van der Waals surface area (Å²) < 4.78 is 2.01. The van der Waals surface area contributed by atoms with Gasteiger partial charge in [0.25, 0.3) is 0 Å². The van der Waals surface area contributed by atoms with Crippen LogP contribution in [0.1, 0.15) is 10.4 Å². The lowest BCUT2D eigenvalue weighted by molar-refractivity contribution is -0.113. The highest BCUT2D eigenvalue weighted by molar-refractivity contribution is 7.99. The van der Waals surface area contributed by atoms with Gasteiger partial charge in [-0.15, -0.1) is 39.4 Å². The van der Waals surface area contributed by atoms with Crippen LogP contribution in [0.5, 0.6) is 0 Å². The molecule has 186 valence electrons. The largest absolute Gasteiger partial charge is 0.301 e. The molecule has 3 heterocycles. The number of allylic oxidation sites excluding steroid dienone is 1. The van der Waals surface area contributed by atoms with Gasteiger partial charge >= 0.3 is 0 Å². The second kappa shape index (κ2) is 11.2. The van der Waals surface area contributed by atoms with Crippen LogP contribution in [0.15, 0.2) is 83.2 Å². The maximum absolute atomic E-state index is 12.7. The van der Waals surface area contributed by atoms with E-state index in [-0.39, 0.29) is 11.7 Å². The maximum atomic E-state index is 12.7. The summed E-state index contributed by atoms with van der Waals surface area (Å²) in [7, 11) is 0. The lowest BCUT2D eigenvalue weighted by atomic mass is 10.0. The first-order valence-corrected chi connectivity index (χ1v) is 14.4. The topological polar surface area (TPSA) is 72.7 Å². The third-order valence-electron chi connectivity index (χ3n) is 5.74. The van der Waals surface area contributed by atoms with E-state index in [1.165, 1.54) is 33.5 Å². The summed E-state index contributed by atoms with van der Waals surface area (Å²) in [6.45, 7) is 8.67. The second-order valence-electron chi connectivity index (χ2n) is 8.39. The minimum atomic E-state index is -0.139. The first-order chi connectivity index (χ1) is 18.0. The molecule has 0 spiro atoms. The Bertz CT molecular complexity index is 1530.